The summed E-state index contributed by atoms with van der Waals surface area (Å²) >= 11 is 0. The van der Waals surface area contributed by atoms with E-state index in [1.807, 2.05) is 6.08 Å². The molecule has 6 heteroatoms. The summed E-state index contributed by atoms with van der Waals surface area (Å²) in [5.74, 6) is -2.54. The third kappa shape index (κ3) is 4.82. The Morgan fingerprint density at radius 2 is 2.22 bits per heavy atom. The van der Waals surface area contributed by atoms with Gasteiger partial charge >= 0.3 is 11.9 Å². The lowest BCUT2D eigenvalue weighted by molar-refractivity contribution is -0.152. The zero-order valence-electron chi connectivity index (χ0n) is 9.80. The minimum absolute atomic E-state index is 0.345. The number of carbonyl (C=O) groups is 3. The van der Waals surface area contributed by atoms with Crippen molar-refractivity contribution in [1.82, 2.24) is 0 Å². The van der Waals surface area contributed by atoms with Crippen LogP contribution in [0.2, 0.25) is 0 Å². The Labute approximate surface area is 104 Å². The maximum absolute atomic E-state index is 11.6. The van der Waals surface area contributed by atoms with E-state index < -0.39 is 24.5 Å². The van der Waals surface area contributed by atoms with Crippen LogP contribution in [-0.2, 0) is 19.1 Å². The molecule has 1 atom stereocenters. The maximum Gasteiger partial charge on any atom is 0.328 e. The molecule has 18 heavy (non-hydrogen) atoms. The highest BCUT2D eigenvalue weighted by atomic mass is 16.5. The van der Waals surface area contributed by atoms with Crippen molar-refractivity contribution in [2.75, 3.05) is 6.61 Å². The van der Waals surface area contributed by atoms with E-state index in [-0.39, 0.29) is 5.92 Å². The van der Waals surface area contributed by atoms with Gasteiger partial charge in [-0.25, -0.2) is 4.79 Å². The summed E-state index contributed by atoms with van der Waals surface area (Å²) in [4.78, 5) is 32.5. The minimum atomic E-state index is -1.03. The Morgan fingerprint density at radius 3 is 2.83 bits per heavy atom. The van der Waals surface area contributed by atoms with E-state index in [1.165, 1.54) is 6.08 Å². The summed E-state index contributed by atoms with van der Waals surface area (Å²) in [6, 6.07) is 0. The molecule has 1 amide bonds. The van der Waals surface area contributed by atoms with Crippen LogP contribution < -0.4 is 5.73 Å². The average Bonchev–Trinajstić information content (AvgIpc) is 2.33. The topological polar surface area (TPSA) is 107 Å². The molecule has 0 aliphatic heterocycles. The maximum atomic E-state index is 11.6. The van der Waals surface area contributed by atoms with Crippen LogP contribution in [0.25, 0.3) is 0 Å². The number of esters is 1. The number of carboxylic acids is 1. The highest BCUT2D eigenvalue weighted by Gasteiger charge is 2.23. The molecule has 0 spiro atoms. The number of nitrogens with two attached hydrogens (primary N) is 1. The fourth-order valence-electron chi connectivity index (χ4n) is 1.72. The molecular weight excluding hydrogens is 238 g/mol. The van der Waals surface area contributed by atoms with E-state index in [4.69, 9.17) is 15.6 Å². The van der Waals surface area contributed by atoms with Crippen molar-refractivity contribution >= 4 is 17.8 Å². The van der Waals surface area contributed by atoms with Gasteiger partial charge in [0.2, 0.25) is 0 Å². The second-order valence-electron chi connectivity index (χ2n) is 4.00. The molecule has 0 bridgehead atoms. The van der Waals surface area contributed by atoms with E-state index in [2.05, 4.69) is 0 Å². The molecule has 98 valence electrons. The third-order valence-corrected chi connectivity index (χ3v) is 2.53. The number of aliphatic carboxylic acids is 1. The first-order valence-corrected chi connectivity index (χ1v) is 5.54. The van der Waals surface area contributed by atoms with Gasteiger partial charge in [-0.1, -0.05) is 17.7 Å². The van der Waals surface area contributed by atoms with Crippen LogP contribution >= 0.6 is 0 Å². The van der Waals surface area contributed by atoms with Gasteiger partial charge < -0.3 is 15.6 Å². The van der Waals surface area contributed by atoms with Crippen LogP contribution in [-0.4, -0.2) is 29.6 Å². The molecule has 0 fully saturated rings. The summed E-state index contributed by atoms with van der Waals surface area (Å²) in [6.07, 6.45) is 6.11. The number of hydrogen-bond donors (Lipinski definition) is 2. The summed E-state index contributed by atoms with van der Waals surface area (Å²) in [6.45, 7) is -0.417. The van der Waals surface area contributed by atoms with Crippen molar-refractivity contribution in [1.29, 1.82) is 0 Å². The Morgan fingerprint density at radius 1 is 1.50 bits per heavy atom. The van der Waals surface area contributed by atoms with E-state index >= 15 is 0 Å². The lowest BCUT2D eigenvalue weighted by Crippen LogP contribution is -2.26. The zero-order valence-corrected chi connectivity index (χ0v) is 9.80. The SMILES string of the molecule is NC(=O)COC(=O)[C@@H]1CCC=C(/C=C/C(=O)O)C1. The minimum Gasteiger partial charge on any atom is -0.478 e. The van der Waals surface area contributed by atoms with Crippen LogP contribution in [0.1, 0.15) is 19.3 Å². The molecule has 0 radical (unpaired) electrons. The number of carboxylic acid groups (broad SMARTS) is 1. The zero-order chi connectivity index (χ0) is 13.5. The second-order valence-corrected chi connectivity index (χ2v) is 4.00. The average molecular weight is 253 g/mol. The fraction of sp³-hybridized carbons (Fsp3) is 0.417. The monoisotopic (exact) mass is 253 g/mol. The number of amides is 1. The molecule has 1 rings (SSSR count). The van der Waals surface area contributed by atoms with Gasteiger partial charge in [-0.05, 0) is 19.3 Å². The summed E-state index contributed by atoms with van der Waals surface area (Å²) in [5, 5.41) is 8.51. The van der Waals surface area contributed by atoms with Crippen LogP contribution in [0.5, 0.6) is 0 Å². The third-order valence-electron chi connectivity index (χ3n) is 2.53. The number of carbonyl (C=O) groups excluding carboxylic acids is 2. The summed E-state index contributed by atoms with van der Waals surface area (Å²) < 4.78 is 4.74. The molecule has 0 aromatic rings. The predicted octanol–water partition coefficient (Wildman–Crippen LogP) is 0.382. The lowest BCUT2D eigenvalue weighted by Gasteiger charge is -2.19. The fourth-order valence-corrected chi connectivity index (χ4v) is 1.72. The first-order valence-electron chi connectivity index (χ1n) is 5.54. The van der Waals surface area contributed by atoms with Gasteiger partial charge in [0.1, 0.15) is 0 Å². The molecule has 1 aliphatic carbocycles. The van der Waals surface area contributed by atoms with Gasteiger partial charge in [0.05, 0.1) is 5.92 Å². The quantitative estimate of drug-likeness (QED) is 0.544. The summed E-state index contributed by atoms with van der Waals surface area (Å²) in [7, 11) is 0. The standard InChI is InChI=1S/C12H15NO5/c13-10(14)7-18-12(17)9-3-1-2-8(6-9)4-5-11(15)16/h2,4-5,9H,1,3,6-7H2,(H2,13,14)(H,15,16)/b5-4+/t9-/m1/s1. The van der Waals surface area contributed by atoms with Crippen molar-refractivity contribution in [3.05, 3.63) is 23.8 Å². The van der Waals surface area contributed by atoms with E-state index in [0.717, 1.165) is 11.6 Å². The Kier molecular flexibility index (Phi) is 5.10. The van der Waals surface area contributed by atoms with Gasteiger partial charge in [-0.3, -0.25) is 9.59 Å². The Hall–Kier alpha value is -2.11. The Balaban J connectivity index is 2.51. The van der Waals surface area contributed by atoms with E-state index in [0.29, 0.717) is 19.3 Å². The molecular formula is C12H15NO5. The first kappa shape index (κ1) is 14.0. The van der Waals surface area contributed by atoms with Crippen molar-refractivity contribution in [3.63, 3.8) is 0 Å². The molecule has 0 aromatic carbocycles. The number of ether oxygens (including phenoxy) is 1. The molecule has 0 aromatic heterocycles. The molecule has 0 saturated heterocycles. The molecule has 6 nitrogen and oxygen atoms in total. The molecule has 3 N–H and O–H groups in total. The largest absolute Gasteiger partial charge is 0.478 e. The van der Waals surface area contributed by atoms with Crippen LogP contribution in [0, 0.1) is 5.92 Å². The lowest BCUT2D eigenvalue weighted by atomic mass is 9.88. The highest BCUT2D eigenvalue weighted by molar-refractivity contribution is 5.81. The Bertz CT molecular complexity index is 411. The van der Waals surface area contributed by atoms with Crippen molar-refractivity contribution in [2.24, 2.45) is 11.7 Å². The van der Waals surface area contributed by atoms with Crippen LogP contribution in [0.15, 0.2) is 23.8 Å². The number of primary amides is 1. The van der Waals surface area contributed by atoms with Crippen LogP contribution in [0.3, 0.4) is 0 Å². The van der Waals surface area contributed by atoms with Crippen molar-refractivity contribution in [2.45, 2.75) is 19.3 Å². The van der Waals surface area contributed by atoms with E-state index in [1.54, 1.807) is 0 Å². The number of rotatable bonds is 5. The smallest absolute Gasteiger partial charge is 0.328 e. The second kappa shape index (κ2) is 6.58. The molecule has 0 unspecified atom stereocenters. The highest BCUT2D eigenvalue weighted by Crippen LogP contribution is 2.25. The number of hydrogen-bond acceptors (Lipinski definition) is 4. The van der Waals surface area contributed by atoms with Crippen LogP contribution in [0.4, 0.5) is 0 Å². The molecule has 0 saturated carbocycles. The predicted molar refractivity (Wildman–Crippen MR) is 62.4 cm³/mol. The van der Waals surface area contributed by atoms with Gasteiger partial charge in [0.15, 0.2) is 6.61 Å². The molecule has 0 heterocycles. The van der Waals surface area contributed by atoms with Gasteiger partial charge in [0.25, 0.3) is 5.91 Å². The summed E-state index contributed by atoms with van der Waals surface area (Å²) in [5.41, 5.74) is 5.66. The van der Waals surface area contributed by atoms with Gasteiger partial charge in [-0.2, -0.15) is 0 Å². The van der Waals surface area contributed by atoms with Gasteiger partial charge in [-0.15, -0.1) is 0 Å². The van der Waals surface area contributed by atoms with E-state index in [9.17, 15) is 14.4 Å². The van der Waals surface area contributed by atoms with Gasteiger partial charge in [0, 0.05) is 6.08 Å². The van der Waals surface area contributed by atoms with Crippen molar-refractivity contribution in [3.8, 4) is 0 Å². The first-order chi connectivity index (χ1) is 8.49. The molecule has 1 aliphatic rings. The number of allylic oxidation sites excluding steroid dienone is 3. The van der Waals surface area contributed by atoms with Crippen molar-refractivity contribution < 1.29 is 24.2 Å². The normalized spacial score (nSPS) is 19.3.